The molecule has 0 spiro atoms. The normalized spacial score (nSPS) is 27.1. The monoisotopic (exact) mass is 334 g/mol. The van der Waals surface area contributed by atoms with E-state index in [1.165, 1.54) is 19.1 Å². The van der Waals surface area contributed by atoms with E-state index in [4.69, 9.17) is 0 Å². The van der Waals surface area contributed by atoms with Crippen LogP contribution in [-0.2, 0) is 14.6 Å². The summed E-state index contributed by atoms with van der Waals surface area (Å²) in [5, 5.41) is -0.654. The lowest BCUT2D eigenvalue weighted by atomic mass is 10.2. The van der Waals surface area contributed by atoms with Gasteiger partial charge in [0.05, 0.1) is 6.04 Å². The van der Waals surface area contributed by atoms with E-state index in [1.807, 2.05) is 6.92 Å². The molecule has 2 saturated heterocycles. The molecule has 7 heteroatoms. The van der Waals surface area contributed by atoms with Crippen LogP contribution in [-0.4, -0.2) is 72.9 Å². The first-order valence-corrected chi connectivity index (χ1v) is 10.8. The molecule has 0 saturated carbocycles. The SMILES string of the molecule is C[C@H](C(=O)N1CCSC[C@H]1S(C)(=O)=O)N1CCCCCC1. The van der Waals surface area contributed by atoms with Gasteiger partial charge in [0.1, 0.15) is 5.37 Å². The van der Waals surface area contributed by atoms with Gasteiger partial charge in [-0.1, -0.05) is 12.8 Å². The molecule has 21 heavy (non-hydrogen) atoms. The molecule has 0 unspecified atom stereocenters. The number of nitrogens with zero attached hydrogens (tertiary/aromatic N) is 2. The third kappa shape index (κ3) is 4.36. The Balaban J connectivity index is 2.08. The lowest BCUT2D eigenvalue weighted by Crippen LogP contribution is -2.56. The van der Waals surface area contributed by atoms with Crippen molar-refractivity contribution in [1.29, 1.82) is 0 Å². The largest absolute Gasteiger partial charge is 0.323 e. The van der Waals surface area contributed by atoms with E-state index >= 15 is 0 Å². The van der Waals surface area contributed by atoms with Crippen LogP contribution in [0.25, 0.3) is 0 Å². The van der Waals surface area contributed by atoms with E-state index in [0.717, 1.165) is 31.7 Å². The summed E-state index contributed by atoms with van der Waals surface area (Å²) in [5.41, 5.74) is 0. The summed E-state index contributed by atoms with van der Waals surface area (Å²) in [4.78, 5) is 16.6. The summed E-state index contributed by atoms with van der Waals surface area (Å²) in [5.74, 6) is 1.30. The van der Waals surface area contributed by atoms with E-state index in [0.29, 0.717) is 12.3 Å². The van der Waals surface area contributed by atoms with Crippen LogP contribution in [0.3, 0.4) is 0 Å². The fraction of sp³-hybridized carbons (Fsp3) is 0.929. The molecule has 0 bridgehead atoms. The van der Waals surface area contributed by atoms with Crippen molar-refractivity contribution in [3.05, 3.63) is 0 Å². The Morgan fingerprint density at radius 2 is 1.76 bits per heavy atom. The van der Waals surface area contributed by atoms with Gasteiger partial charge in [-0.3, -0.25) is 9.69 Å². The molecule has 0 aliphatic carbocycles. The highest BCUT2D eigenvalue weighted by Gasteiger charge is 2.37. The van der Waals surface area contributed by atoms with Crippen LogP contribution in [0.1, 0.15) is 32.6 Å². The van der Waals surface area contributed by atoms with Crippen molar-refractivity contribution in [1.82, 2.24) is 9.80 Å². The van der Waals surface area contributed by atoms with E-state index in [2.05, 4.69) is 4.90 Å². The molecular weight excluding hydrogens is 308 g/mol. The van der Waals surface area contributed by atoms with Gasteiger partial charge in [0.25, 0.3) is 0 Å². The Kier molecular flexibility index (Phi) is 5.96. The first-order valence-electron chi connectivity index (χ1n) is 7.72. The standard InChI is InChI=1S/C14H26N2O3S2/c1-12(15-7-5-3-4-6-8-15)14(17)16-9-10-20-11-13(16)21(2,18)19/h12-13H,3-11H2,1-2H3/t12-,13-/m1/s1. The van der Waals surface area contributed by atoms with E-state index in [-0.39, 0.29) is 11.9 Å². The van der Waals surface area contributed by atoms with Crippen LogP contribution < -0.4 is 0 Å². The molecule has 0 radical (unpaired) electrons. The van der Waals surface area contributed by atoms with Crippen LogP contribution in [0.15, 0.2) is 0 Å². The molecule has 2 aliphatic heterocycles. The second-order valence-electron chi connectivity index (χ2n) is 6.02. The number of carbonyl (C=O) groups excluding carboxylic acids is 1. The van der Waals surface area contributed by atoms with Crippen LogP contribution in [0.2, 0.25) is 0 Å². The summed E-state index contributed by atoms with van der Waals surface area (Å²) in [6.45, 7) is 4.35. The van der Waals surface area contributed by atoms with Crippen molar-refractivity contribution in [2.45, 2.75) is 44.0 Å². The summed E-state index contributed by atoms with van der Waals surface area (Å²) in [6, 6.07) is -0.213. The van der Waals surface area contributed by atoms with Crippen molar-refractivity contribution in [2.75, 3.05) is 37.4 Å². The number of carbonyl (C=O) groups is 1. The molecule has 2 rings (SSSR count). The van der Waals surface area contributed by atoms with Crippen LogP contribution in [0.4, 0.5) is 0 Å². The zero-order chi connectivity index (χ0) is 15.5. The van der Waals surface area contributed by atoms with Gasteiger partial charge < -0.3 is 4.90 Å². The molecule has 2 atom stereocenters. The van der Waals surface area contributed by atoms with Gasteiger partial charge in [-0.2, -0.15) is 11.8 Å². The number of rotatable bonds is 3. The third-order valence-electron chi connectivity index (χ3n) is 4.41. The molecule has 2 heterocycles. The van der Waals surface area contributed by atoms with E-state index in [1.54, 1.807) is 16.7 Å². The Labute approximate surface area is 132 Å². The highest BCUT2D eigenvalue weighted by Crippen LogP contribution is 2.23. The van der Waals surface area contributed by atoms with Gasteiger partial charge in [-0.15, -0.1) is 0 Å². The van der Waals surface area contributed by atoms with Crippen molar-refractivity contribution < 1.29 is 13.2 Å². The smallest absolute Gasteiger partial charge is 0.240 e. The quantitative estimate of drug-likeness (QED) is 0.776. The number of likely N-dealkylation sites (tertiary alicyclic amines) is 1. The highest BCUT2D eigenvalue weighted by molar-refractivity contribution is 8.00. The maximum atomic E-state index is 12.8. The molecule has 2 aliphatic rings. The predicted molar refractivity (Wildman–Crippen MR) is 87.2 cm³/mol. The predicted octanol–water partition coefficient (Wildman–Crippen LogP) is 1.20. The Bertz CT molecular complexity index is 459. The Morgan fingerprint density at radius 1 is 1.14 bits per heavy atom. The Hall–Kier alpha value is -0.270. The lowest BCUT2D eigenvalue weighted by molar-refractivity contribution is -0.136. The maximum absolute atomic E-state index is 12.8. The highest BCUT2D eigenvalue weighted by atomic mass is 32.2. The summed E-state index contributed by atoms with van der Waals surface area (Å²) in [6.07, 6.45) is 5.94. The van der Waals surface area contributed by atoms with Crippen molar-refractivity contribution in [2.24, 2.45) is 0 Å². The lowest BCUT2D eigenvalue weighted by Gasteiger charge is -2.38. The summed E-state index contributed by atoms with van der Waals surface area (Å²) >= 11 is 1.62. The molecule has 0 aromatic heterocycles. The van der Waals surface area contributed by atoms with Crippen molar-refractivity contribution >= 4 is 27.5 Å². The first kappa shape index (κ1) is 17.1. The molecule has 122 valence electrons. The number of amides is 1. The van der Waals surface area contributed by atoms with Crippen molar-refractivity contribution in [3.63, 3.8) is 0 Å². The number of hydrogen-bond acceptors (Lipinski definition) is 5. The van der Waals surface area contributed by atoms with Gasteiger partial charge in [-0.05, 0) is 32.9 Å². The molecule has 2 fully saturated rings. The van der Waals surface area contributed by atoms with E-state index in [9.17, 15) is 13.2 Å². The van der Waals surface area contributed by atoms with Gasteiger partial charge in [-0.25, -0.2) is 8.42 Å². The third-order valence-corrected chi connectivity index (χ3v) is 7.05. The topological polar surface area (TPSA) is 57.7 Å². The molecule has 1 amide bonds. The zero-order valence-corrected chi connectivity index (χ0v) is 14.6. The van der Waals surface area contributed by atoms with Gasteiger partial charge in [0.2, 0.25) is 5.91 Å². The minimum absolute atomic E-state index is 0.0207. The van der Waals surface area contributed by atoms with Crippen LogP contribution in [0.5, 0.6) is 0 Å². The number of hydrogen-bond donors (Lipinski definition) is 0. The van der Waals surface area contributed by atoms with Gasteiger partial charge in [0.15, 0.2) is 9.84 Å². The number of sulfone groups is 1. The first-order chi connectivity index (χ1) is 9.91. The average Bonchev–Trinajstić information content (AvgIpc) is 2.74. The maximum Gasteiger partial charge on any atom is 0.240 e. The molecule has 0 N–H and O–H groups in total. The summed E-state index contributed by atoms with van der Waals surface area (Å²) < 4.78 is 23.9. The molecular formula is C14H26N2O3S2. The average molecular weight is 335 g/mol. The molecule has 0 aromatic rings. The molecule has 5 nitrogen and oxygen atoms in total. The summed E-state index contributed by atoms with van der Waals surface area (Å²) in [7, 11) is -3.23. The molecule has 0 aromatic carbocycles. The second-order valence-corrected chi connectivity index (χ2v) is 9.37. The van der Waals surface area contributed by atoms with Crippen molar-refractivity contribution in [3.8, 4) is 0 Å². The zero-order valence-electron chi connectivity index (χ0n) is 13.0. The van der Waals surface area contributed by atoms with Gasteiger partial charge >= 0.3 is 0 Å². The number of thioether (sulfide) groups is 1. The second kappa shape index (κ2) is 7.33. The minimum Gasteiger partial charge on any atom is -0.323 e. The van der Waals surface area contributed by atoms with E-state index < -0.39 is 15.2 Å². The fourth-order valence-corrected chi connectivity index (χ4v) is 5.89. The Morgan fingerprint density at radius 3 is 2.33 bits per heavy atom. The fourth-order valence-electron chi connectivity index (χ4n) is 3.07. The minimum atomic E-state index is -3.23. The van der Waals surface area contributed by atoms with Crippen LogP contribution in [0, 0.1) is 0 Å². The van der Waals surface area contributed by atoms with Crippen LogP contribution >= 0.6 is 11.8 Å². The van der Waals surface area contributed by atoms with Gasteiger partial charge in [0, 0.05) is 24.3 Å².